The first-order chi connectivity index (χ1) is 13.5. The molecule has 0 radical (unpaired) electrons. The number of hydrogen-bond acceptors (Lipinski definition) is 4. The molecular weight excluding hydrogens is 419 g/mol. The summed E-state index contributed by atoms with van der Waals surface area (Å²) < 4.78 is 14.7. The lowest BCUT2D eigenvalue weighted by atomic mass is 10.1. The zero-order valence-electron chi connectivity index (χ0n) is 14.7. The monoisotopic (exact) mass is 434 g/mol. The summed E-state index contributed by atoms with van der Waals surface area (Å²) >= 11 is 8.92. The van der Waals surface area contributed by atoms with Crippen LogP contribution in [-0.4, -0.2) is 17.9 Å². The van der Waals surface area contributed by atoms with Crippen molar-refractivity contribution in [3.8, 4) is 0 Å². The molecule has 2 heterocycles. The van der Waals surface area contributed by atoms with Crippen LogP contribution in [0.25, 0.3) is 10.1 Å². The minimum Gasteiger partial charge on any atom is -0.349 e. The van der Waals surface area contributed by atoms with Gasteiger partial charge in [-0.25, -0.2) is 4.39 Å². The van der Waals surface area contributed by atoms with Gasteiger partial charge in [-0.15, -0.1) is 22.7 Å². The van der Waals surface area contributed by atoms with Crippen molar-refractivity contribution < 1.29 is 14.0 Å². The maximum Gasteiger partial charge on any atom is 0.267 e. The summed E-state index contributed by atoms with van der Waals surface area (Å²) in [5.41, 5.74) is 1.63. The van der Waals surface area contributed by atoms with Gasteiger partial charge in [0, 0.05) is 21.0 Å². The molecule has 2 aliphatic carbocycles. The van der Waals surface area contributed by atoms with Crippen LogP contribution in [0.2, 0.25) is 5.02 Å². The highest BCUT2D eigenvalue weighted by molar-refractivity contribution is 7.22. The number of nitrogens with one attached hydrogen (secondary N) is 2. The molecule has 4 nitrogen and oxygen atoms in total. The summed E-state index contributed by atoms with van der Waals surface area (Å²) in [5.74, 6) is -0.978. The molecule has 2 aliphatic rings. The number of fused-ring (bicyclic) bond motifs is 2. The molecule has 0 bridgehead atoms. The molecular formula is C20H16ClFN2O2S2. The fourth-order valence-electron chi connectivity index (χ4n) is 3.59. The minimum absolute atomic E-state index is 0.115. The lowest BCUT2D eigenvalue weighted by molar-refractivity contribution is 0.0951. The van der Waals surface area contributed by atoms with E-state index in [-0.39, 0.29) is 27.2 Å². The Hall–Kier alpha value is -1.96. The number of carbonyl (C=O) groups is 2. The molecule has 28 heavy (non-hydrogen) atoms. The van der Waals surface area contributed by atoms with Gasteiger partial charge in [-0.05, 0) is 49.8 Å². The Morgan fingerprint density at radius 3 is 2.71 bits per heavy atom. The third kappa shape index (κ3) is 3.02. The first-order valence-corrected chi connectivity index (χ1v) is 11.2. The van der Waals surface area contributed by atoms with Crippen molar-refractivity contribution in [2.24, 2.45) is 0 Å². The molecule has 5 rings (SSSR count). The lowest BCUT2D eigenvalue weighted by Crippen LogP contribution is -2.27. The zero-order valence-corrected chi connectivity index (χ0v) is 17.1. The van der Waals surface area contributed by atoms with E-state index in [1.165, 1.54) is 17.4 Å². The summed E-state index contributed by atoms with van der Waals surface area (Å²) in [6.45, 7) is 0. The van der Waals surface area contributed by atoms with E-state index in [1.807, 2.05) is 0 Å². The Morgan fingerprint density at radius 1 is 1.14 bits per heavy atom. The molecule has 144 valence electrons. The standard InChI is InChI=1S/C20H16ClFN2O2S2/c21-16-15-11(22)4-2-6-13(15)27-17(16)19(26)24-20-14(18(25)23-9-7-8-9)10-3-1-5-12(10)28-20/h2,4,6,9H,1,3,5,7-8H2,(H,23,25)(H,24,26). The molecule has 0 spiro atoms. The maximum absolute atomic E-state index is 14.1. The predicted octanol–water partition coefficient (Wildman–Crippen LogP) is 5.39. The average molecular weight is 435 g/mol. The van der Waals surface area contributed by atoms with Gasteiger partial charge in [0.25, 0.3) is 11.8 Å². The second-order valence-electron chi connectivity index (χ2n) is 7.12. The van der Waals surface area contributed by atoms with E-state index in [9.17, 15) is 14.0 Å². The van der Waals surface area contributed by atoms with Crippen LogP contribution in [0.1, 0.15) is 49.7 Å². The number of hydrogen-bond donors (Lipinski definition) is 2. The van der Waals surface area contributed by atoms with Crippen LogP contribution in [0.3, 0.4) is 0 Å². The molecule has 0 aliphatic heterocycles. The van der Waals surface area contributed by atoms with Gasteiger partial charge in [-0.2, -0.15) is 0 Å². The molecule has 2 N–H and O–H groups in total. The second-order valence-corrected chi connectivity index (χ2v) is 9.66. The highest BCUT2D eigenvalue weighted by Crippen LogP contribution is 2.41. The van der Waals surface area contributed by atoms with Gasteiger partial charge in [-0.1, -0.05) is 17.7 Å². The first-order valence-electron chi connectivity index (χ1n) is 9.16. The minimum atomic E-state index is -0.447. The predicted molar refractivity (Wildman–Crippen MR) is 112 cm³/mol. The number of anilines is 1. The van der Waals surface area contributed by atoms with Gasteiger partial charge < -0.3 is 10.6 Å². The highest BCUT2D eigenvalue weighted by atomic mass is 35.5. The summed E-state index contributed by atoms with van der Waals surface area (Å²) in [6.07, 6.45) is 4.81. The Kier molecular flexibility index (Phi) is 4.41. The van der Waals surface area contributed by atoms with Crippen LogP contribution < -0.4 is 10.6 Å². The molecule has 2 amide bonds. The van der Waals surface area contributed by atoms with E-state index < -0.39 is 11.7 Å². The molecule has 0 unspecified atom stereocenters. The fourth-order valence-corrected chi connectivity index (χ4v) is 6.33. The van der Waals surface area contributed by atoms with E-state index in [0.717, 1.165) is 53.9 Å². The summed E-state index contributed by atoms with van der Waals surface area (Å²) in [5, 5.41) is 6.83. The molecule has 2 aromatic heterocycles. The quantitative estimate of drug-likeness (QED) is 0.578. The number of thiophene rings is 2. The molecule has 8 heteroatoms. The van der Waals surface area contributed by atoms with Crippen molar-refractivity contribution in [2.45, 2.75) is 38.1 Å². The van der Waals surface area contributed by atoms with Gasteiger partial charge in [0.2, 0.25) is 0 Å². The topological polar surface area (TPSA) is 58.2 Å². The largest absolute Gasteiger partial charge is 0.349 e. The van der Waals surface area contributed by atoms with Crippen LogP contribution in [-0.2, 0) is 12.8 Å². The summed E-state index contributed by atoms with van der Waals surface area (Å²) in [7, 11) is 0. The zero-order chi connectivity index (χ0) is 19.4. The van der Waals surface area contributed by atoms with E-state index in [2.05, 4.69) is 10.6 Å². The average Bonchev–Trinajstić information content (AvgIpc) is 3.08. The molecule has 0 atom stereocenters. The normalized spacial score (nSPS) is 15.6. The lowest BCUT2D eigenvalue weighted by Gasteiger charge is -2.08. The van der Waals surface area contributed by atoms with Gasteiger partial charge >= 0.3 is 0 Å². The SMILES string of the molecule is O=C(Nc1sc2c(c1C(=O)NC1CC1)CCC2)c1sc2cccc(F)c2c1Cl. The molecule has 3 aromatic rings. The third-order valence-corrected chi connectivity index (χ3v) is 7.95. The van der Waals surface area contributed by atoms with Crippen molar-refractivity contribution in [1.29, 1.82) is 0 Å². The van der Waals surface area contributed by atoms with Gasteiger partial charge in [-0.3, -0.25) is 9.59 Å². The Labute approximate surface area is 173 Å². The van der Waals surface area contributed by atoms with Crippen molar-refractivity contribution >= 4 is 61.2 Å². The van der Waals surface area contributed by atoms with Crippen LogP contribution >= 0.6 is 34.3 Å². The number of benzene rings is 1. The Balaban J connectivity index is 1.49. The van der Waals surface area contributed by atoms with E-state index in [1.54, 1.807) is 12.1 Å². The van der Waals surface area contributed by atoms with Crippen LogP contribution in [0.4, 0.5) is 9.39 Å². The van der Waals surface area contributed by atoms with E-state index in [4.69, 9.17) is 11.6 Å². The number of aryl methyl sites for hydroxylation is 1. The highest BCUT2D eigenvalue weighted by Gasteiger charge is 2.31. The fraction of sp³-hybridized carbons (Fsp3) is 0.300. The second kappa shape index (κ2) is 6.83. The smallest absolute Gasteiger partial charge is 0.267 e. The first kappa shape index (κ1) is 18.1. The van der Waals surface area contributed by atoms with Crippen molar-refractivity contribution in [3.05, 3.63) is 49.9 Å². The van der Waals surface area contributed by atoms with Crippen LogP contribution in [0.15, 0.2) is 18.2 Å². The molecule has 0 saturated heterocycles. The summed E-state index contributed by atoms with van der Waals surface area (Å²) in [4.78, 5) is 27.1. The van der Waals surface area contributed by atoms with Gasteiger partial charge in [0.1, 0.15) is 15.7 Å². The van der Waals surface area contributed by atoms with Crippen LogP contribution in [0, 0.1) is 5.82 Å². The Bertz CT molecular complexity index is 1130. The van der Waals surface area contributed by atoms with Crippen LogP contribution in [0.5, 0.6) is 0 Å². The summed E-state index contributed by atoms with van der Waals surface area (Å²) in [6, 6.07) is 4.90. The molecule has 1 saturated carbocycles. The van der Waals surface area contributed by atoms with Crippen molar-refractivity contribution in [2.75, 3.05) is 5.32 Å². The van der Waals surface area contributed by atoms with Crippen molar-refractivity contribution in [1.82, 2.24) is 5.32 Å². The van der Waals surface area contributed by atoms with Crippen molar-refractivity contribution in [3.63, 3.8) is 0 Å². The number of amides is 2. The maximum atomic E-state index is 14.1. The molecule has 1 fully saturated rings. The Morgan fingerprint density at radius 2 is 1.96 bits per heavy atom. The number of rotatable bonds is 4. The van der Waals surface area contributed by atoms with Gasteiger partial charge in [0.15, 0.2) is 0 Å². The molecule has 1 aromatic carbocycles. The third-order valence-electron chi connectivity index (χ3n) is 5.10. The van der Waals surface area contributed by atoms with Gasteiger partial charge in [0.05, 0.1) is 10.6 Å². The number of halogens is 2. The van der Waals surface area contributed by atoms with E-state index >= 15 is 0 Å². The van der Waals surface area contributed by atoms with E-state index in [0.29, 0.717) is 15.3 Å². The number of carbonyl (C=O) groups excluding carboxylic acids is 2.